The summed E-state index contributed by atoms with van der Waals surface area (Å²) in [6.45, 7) is 1.97. The highest BCUT2D eigenvalue weighted by Crippen LogP contribution is 2.21. The van der Waals surface area contributed by atoms with Crippen molar-refractivity contribution in [1.82, 2.24) is 15.5 Å². The van der Waals surface area contributed by atoms with Gasteiger partial charge in [0.15, 0.2) is 5.96 Å². The first-order valence-electron chi connectivity index (χ1n) is 10.9. The van der Waals surface area contributed by atoms with Gasteiger partial charge in [0.2, 0.25) is 5.91 Å². The number of alkyl halides is 2. The minimum absolute atomic E-state index is 0. The molecule has 1 saturated heterocycles. The molecule has 1 fully saturated rings. The van der Waals surface area contributed by atoms with Crippen LogP contribution in [0, 0.1) is 5.92 Å². The molecule has 9 heteroatoms. The first kappa shape index (κ1) is 26.8. The SMILES string of the molecule is CCNC(=NCc1ccccc1OC(F)F)NCC1CC(=O)N(CCc2ccccc2)C1.I. The Bertz CT molecular complexity index is 899. The summed E-state index contributed by atoms with van der Waals surface area (Å²) in [4.78, 5) is 18.8. The van der Waals surface area contributed by atoms with E-state index in [1.807, 2.05) is 30.0 Å². The molecule has 0 spiro atoms. The number of aliphatic imine (C=N–C) groups is 1. The lowest BCUT2D eigenvalue weighted by Crippen LogP contribution is -2.40. The van der Waals surface area contributed by atoms with E-state index < -0.39 is 6.61 Å². The highest BCUT2D eigenvalue weighted by atomic mass is 127. The van der Waals surface area contributed by atoms with Crippen LogP contribution < -0.4 is 15.4 Å². The van der Waals surface area contributed by atoms with Crippen molar-refractivity contribution in [3.8, 4) is 5.75 Å². The summed E-state index contributed by atoms with van der Waals surface area (Å²) in [6, 6.07) is 16.8. The topological polar surface area (TPSA) is 66.0 Å². The van der Waals surface area contributed by atoms with Gasteiger partial charge in [-0.1, -0.05) is 48.5 Å². The maximum atomic E-state index is 12.6. The summed E-state index contributed by atoms with van der Waals surface area (Å²) in [5.41, 5.74) is 1.80. The number of benzene rings is 2. The quantitative estimate of drug-likeness (QED) is 0.256. The summed E-state index contributed by atoms with van der Waals surface area (Å²) < 4.78 is 29.8. The average molecular weight is 572 g/mol. The number of halogens is 3. The number of ether oxygens (including phenoxy) is 1. The van der Waals surface area contributed by atoms with E-state index in [1.54, 1.807) is 18.2 Å². The fraction of sp³-hybridized carbons (Fsp3) is 0.417. The third-order valence-electron chi connectivity index (χ3n) is 5.31. The van der Waals surface area contributed by atoms with E-state index in [1.165, 1.54) is 11.6 Å². The summed E-state index contributed by atoms with van der Waals surface area (Å²) in [5, 5.41) is 6.44. The van der Waals surface area contributed by atoms with Crippen LogP contribution in [0.25, 0.3) is 0 Å². The summed E-state index contributed by atoms with van der Waals surface area (Å²) in [5.74, 6) is 1.07. The van der Waals surface area contributed by atoms with Crippen LogP contribution >= 0.6 is 24.0 Å². The number of amides is 1. The number of hydrogen-bond donors (Lipinski definition) is 2. The van der Waals surface area contributed by atoms with E-state index in [-0.39, 0.29) is 48.1 Å². The Kier molecular flexibility index (Phi) is 11.4. The molecule has 0 radical (unpaired) electrons. The molecule has 1 aliphatic rings. The van der Waals surface area contributed by atoms with Gasteiger partial charge < -0.3 is 20.3 Å². The van der Waals surface area contributed by atoms with E-state index in [0.717, 1.165) is 6.42 Å². The number of nitrogens with one attached hydrogen (secondary N) is 2. The zero-order valence-corrected chi connectivity index (χ0v) is 21.0. The molecular formula is C24H31F2IN4O2. The first-order chi connectivity index (χ1) is 15.5. The maximum absolute atomic E-state index is 12.6. The molecule has 0 bridgehead atoms. The number of likely N-dealkylation sites (tertiary alicyclic amines) is 1. The van der Waals surface area contributed by atoms with Gasteiger partial charge in [0.05, 0.1) is 6.54 Å². The Hall–Kier alpha value is -2.43. The Labute approximate surface area is 210 Å². The molecule has 180 valence electrons. The molecule has 1 unspecified atom stereocenters. The molecule has 1 amide bonds. The molecular weight excluding hydrogens is 541 g/mol. The van der Waals surface area contributed by atoms with Crippen LogP contribution in [-0.2, 0) is 17.8 Å². The summed E-state index contributed by atoms with van der Waals surface area (Å²) in [7, 11) is 0. The normalized spacial score (nSPS) is 16.0. The fourth-order valence-electron chi connectivity index (χ4n) is 3.71. The van der Waals surface area contributed by atoms with Gasteiger partial charge in [0.25, 0.3) is 0 Å². The third kappa shape index (κ3) is 8.79. The van der Waals surface area contributed by atoms with Crippen molar-refractivity contribution in [2.45, 2.75) is 32.9 Å². The molecule has 2 aromatic carbocycles. The first-order valence-corrected chi connectivity index (χ1v) is 10.9. The predicted octanol–water partition coefficient (Wildman–Crippen LogP) is 4.05. The van der Waals surface area contributed by atoms with Crippen molar-refractivity contribution in [3.05, 3.63) is 65.7 Å². The highest BCUT2D eigenvalue weighted by Gasteiger charge is 2.29. The van der Waals surface area contributed by atoms with E-state index in [9.17, 15) is 13.6 Å². The van der Waals surface area contributed by atoms with Gasteiger partial charge in [-0.15, -0.1) is 24.0 Å². The van der Waals surface area contributed by atoms with Crippen LogP contribution in [0.4, 0.5) is 8.78 Å². The number of guanidine groups is 1. The van der Waals surface area contributed by atoms with Gasteiger partial charge in [-0.05, 0) is 25.0 Å². The molecule has 1 aliphatic heterocycles. The zero-order valence-electron chi connectivity index (χ0n) is 18.7. The summed E-state index contributed by atoms with van der Waals surface area (Å²) >= 11 is 0. The lowest BCUT2D eigenvalue weighted by atomic mass is 10.1. The van der Waals surface area contributed by atoms with Gasteiger partial charge in [-0.2, -0.15) is 8.78 Å². The second-order valence-electron chi connectivity index (χ2n) is 7.71. The summed E-state index contributed by atoms with van der Waals surface area (Å²) in [6.07, 6.45) is 1.35. The van der Waals surface area contributed by atoms with Crippen LogP contribution in [0.15, 0.2) is 59.6 Å². The largest absolute Gasteiger partial charge is 0.434 e. The molecule has 2 N–H and O–H groups in total. The highest BCUT2D eigenvalue weighted by molar-refractivity contribution is 14.0. The monoisotopic (exact) mass is 572 g/mol. The molecule has 1 atom stereocenters. The lowest BCUT2D eigenvalue weighted by molar-refractivity contribution is -0.127. The molecule has 1 heterocycles. The Morgan fingerprint density at radius 1 is 1.15 bits per heavy atom. The van der Waals surface area contributed by atoms with Crippen molar-refractivity contribution in [1.29, 1.82) is 0 Å². The molecule has 33 heavy (non-hydrogen) atoms. The number of nitrogens with zero attached hydrogens (tertiary/aromatic N) is 2. The standard InChI is InChI=1S/C24H30F2N4O2.HI/c1-2-27-24(29-16-20-10-6-7-11-21(20)32-23(25)26)28-15-19-14-22(31)30(17-19)13-12-18-8-4-3-5-9-18;/h3-11,19,23H,2,12-17H2,1H3,(H2,27,28,29);1H. The van der Waals surface area contributed by atoms with Crippen LogP contribution in [0.3, 0.4) is 0 Å². The van der Waals surface area contributed by atoms with E-state index in [4.69, 9.17) is 0 Å². The van der Waals surface area contributed by atoms with Crippen LogP contribution in [0.1, 0.15) is 24.5 Å². The minimum atomic E-state index is -2.88. The lowest BCUT2D eigenvalue weighted by Gasteiger charge is -2.18. The van der Waals surface area contributed by atoms with Crippen LogP contribution in [0.2, 0.25) is 0 Å². The molecule has 0 aromatic heterocycles. The van der Waals surface area contributed by atoms with Crippen molar-refractivity contribution in [2.24, 2.45) is 10.9 Å². The van der Waals surface area contributed by atoms with Crippen molar-refractivity contribution >= 4 is 35.8 Å². The van der Waals surface area contributed by atoms with Gasteiger partial charge in [-0.3, -0.25) is 4.79 Å². The minimum Gasteiger partial charge on any atom is -0.434 e. The molecule has 2 aromatic rings. The van der Waals surface area contributed by atoms with Crippen LogP contribution in [0.5, 0.6) is 5.75 Å². The van der Waals surface area contributed by atoms with Crippen molar-refractivity contribution in [2.75, 3.05) is 26.2 Å². The number of para-hydroxylation sites is 1. The van der Waals surface area contributed by atoms with Gasteiger partial charge >= 0.3 is 6.61 Å². The predicted molar refractivity (Wildman–Crippen MR) is 136 cm³/mol. The van der Waals surface area contributed by atoms with E-state index >= 15 is 0 Å². The number of carbonyl (C=O) groups is 1. The zero-order chi connectivity index (χ0) is 22.8. The Morgan fingerprint density at radius 2 is 1.88 bits per heavy atom. The second kappa shape index (κ2) is 14.0. The van der Waals surface area contributed by atoms with Gasteiger partial charge in [0, 0.05) is 44.1 Å². The van der Waals surface area contributed by atoms with Gasteiger partial charge in [-0.25, -0.2) is 4.99 Å². The molecule has 0 saturated carbocycles. The van der Waals surface area contributed by atoms with Crippen molar-refractivity contribution < 1.29 is 18.3 Å². The number of rotatable bonds is 10. The maximum Gasteiger partial charge on any atom is 0.387 e. The molecule has 6 nitrogen and oxygen atoms in total. The van der Waals surface area contributed by atoms with Crippen LogP contribution in [-0.4, -0.2) is 49.6 Å². The number of hydrogen-bond acceptors (Lipinski definition) is 3. The smallest absolute Gasteiger partial charge is 0.387 e. The number of carbonyl (C=O) groups excluding carboxylic acids is 1. The second-order valence-corrected chi connectivity index (χ2v) is 7.71. The van der Waals surface area contributed by atoms with Gasteiger partial charge in [0.1, 0.15) is 5.75 Å². The Balaban J connectivity index is 0.00000385. The molecule has 3 rings (SSSR count). The van der Waals surface area contributed by atoms with Crippen molar-refractivity contribution in [3.63, 3.8) is 0 Å². The van der Waals surface area contributed by atoms with E-state index in [2.05, 4.69) is 32.5 Å². The average Bonchev–Trinajstić information content (AvgIpc) is 3.15. The van der Waals surface area contributed by atoms with E-state index in [0.29, 0.717) is 44.1 Å². The third-order valence-corrected chi connectivity index (χ3v) is 5.31. The molecule has 0 aliphatic carbocycles. The Morgan fingerprint density at radius 3 is 2.61 bits per heavy atom. The fourth-order valence-corrected chi connectivity index (χ4v) is 3.71.